The van der Waals surface area contributed by atoms with Gasteiger partial charge < -0.3 is 4.74 Å². The molecule has 3 aromatic rings. The monoisotopic (exact) mass is 334 g/mol. The highest BCUT2D eigenvalue weighted by molar-refractivity contribution is 5.95. The van der Waals surface area contributed by atoms with Crippen molar-refractivity contribution in [1.82, 2.24) is 10.9 Å². The summed E-state index contributed by atoms with van der Waals surface area (Å²) < 4.78 is 5.57. The summed E-state index contributed by atoms with van der Waals surface area (Å²) in [6, 6.07) is 20.5. The van der Waals surface area contributed by atoms with Gasteiger partial charge in [0.1, 0.15) is 5.75 Å². The molecule has 0 spiro atoms. The summed E-state index contributed by atoms with van der Waals surface area (Å²) in [6.07, 6.45) is 0. The molecular formula is C20H18N2O3. The molecule has 0 aliphatic carbocycles. The van der Waals surface area contributed by atoms with Gasteiger partial charge in [0.25, 0.3) is 11.8 Å². The Kier molecular flexibility index (Phi) is 4.95. The highest BCUT2D eigenvalue weighted by atomic mass is 16.5. The summed E-state index contributed by atoms with van der Waals surface area (Å²) in [5.41, 5.74) is 6.19. The standard InChI is InChI=1S/C20H18N2O3/c1-14-6-4-9-16(12-14)20(24)22-21-19(23)13-25-18-11-5-8-15-7-2-3-10-17(15)18/h2-12H,13H2,1H3,(H,21,23)(H,22,24). The van der Waals surface area contributed by atoms with Crippen molar-refractivity contribution in [3.63, 3.8) is 0 Å². The molecule has 0 bridgehead atoms. The van der Waals surface area contributed by atoms with Crippen LogP contribution in [0.25, 0.3) is 10.8 Å². The summed E-state index contributed by atoms with van der Waals surface area (Å²) in [5, 5.41) is 1.97. The smallest absolute Gasteiger partial charge is 0.276 e. The molecule has 0 radical (unpaired) electrons. The number of hydrogen-bond donors (Lipinski definition) is 2. The number of hydrogen-bond acceptors (Lipinski definition) is 3. The maximum atomic E-state index is 12.0. The van der Waals surface area contributed by atoms with Gasteiger partial charge in [0.05, 0.1) is 0 Å². The third kappa shape index (κ3) is 4.14. The molecule has 0 aliphatic heterocycles. The first-order valence-electron chi connectivity index (χ1n) is 7.90. The number of hydrazine groups is 1. The number of nitrogens with one attached hydrogen (secondary N) is 2. The van der Waals surface area contributed by atoms with Gasteiger partial charge in [-0.3, -0.25) is 20.4 Å². The van der Waals surface area contributed by atoms with Gasteiger partial charge >= 0.3 is 0 Å². The first kappa shape index (κ1) is 16.5. The molecule has 0 atom stereocenters. The van der Waals surface area contributed by atoms with Crippen LogP contribution < -0.4 is 15.6 Å². The van der Waals surface area contributed by atoms with Crippen molar-refractivity contribution >= 4 is 22.6 Å². The fourth-order valence-corrected chi connectivity index (χ4v) is 2.49. The van der Waals surface area contributed by atoms with E-state index in [-0.39, 0.29) is 12.5 Å². The quantitative estimate of drug-likeness (QED) is 0.721. The summed E-state index contributed by atoms with van der Waals surface area (Å²) >= 11 is 0. The highest BCUT2D eigenvalue weighted by Crippen LogP contribution is 2.24. The normalized spacial score (nSPS) is 10.3. The number of ether oxygens (including phenoxy) is 1. The molecule has 5 nitrogen and oxygen atoms in total. The molecular weight excluding hydrogens is 316 g/mol. The lowest BCUT2D eigenvalue weighted by Crippen LogP contribution is -2.43. The molecule has 0 saturated heterocycles. The van der Waals surface area contributed by atoms with Crippen LogP contribution in [0.5, 0.6) is 5.75 Å². The van der Waals surface area contributed by atoms with Crippen LogP contribution >= 0.6 is 0 Å². The van der Waals surface area contributed by atoms with Gasteiger partial charge in [-0.25, -0.2) is 0 Å². The van der Waals surface area contributed by atoms with Crippen LogP contribution in [0, 0.1) is 6.92 Å². The molecule has 2 amide bonds. The van der Waals surface area contributed by atoms with Gasteiger partial charge in [-0.2, -0.15) is 0 Å². The van der Waals surface area contributed by atoms with E-state index < -0.39 is 5.91 Å². The average molecular weight is 334 g/mol. The van der Waals surface area contributed by atoms with Gasteiger partial charge in [0.2, 0.25) is 0 Å². The maximum absolute atomic E-state index is 12.0. The van der Waals surface area contributed by atoms with E-state index in [1.807, 2.05) is 49.4 Å². The van der Waals surface area contributed by atoms with Crippen molar-refractivity contribution in [1.29, 1.82) is 0 Å². The van der Waals surface area contributed by atoms with Crippen molar-refractivity contribution in [2.45, 2.75) is 6.92 Å². The lowest BCUT2D eigenvalue weighted by Gasteiger charge is -2.10. The molecule has 0 saturated carbocycles. The Balaban J connectivity index is 1.55. The topological polar surface area (TPSA) is 67.4 Å². The van der Waals surface area contributed by atoms with Crippen molar-refractivity contribution in [3.05, 3.63) is 77.9 Å². The molecule has 2 N–H and O–H groups in total. The molecule has 3 rings (SSSR count). The zero-order valence-corrected chi connectivity index (χ0v) is 13.8. The maximum Gasteiger partial charge on any atom is 0.276 e. The van der Waals surface area contributed by atoms with Crippen LogP contribution in [0.15, 0.2) is 66.7 Å². The summed E-state index contributed by atoms with van der Waals surface area (Å²) in [5.74, 6) is -0.186. The number of carbonyl (C=O) groups excluding carboxylic acids is 2. The number of fused-ring (bicyclic) bond motifs is 1. The van der Waals surface area contributed by atoms with Crippen LogP contribution in [-0.2, 0) is 4.79 Å². The second-order valence-electron chi connectivity index (χ2n) is 5.64. The average Bonchev–Trinajstić information content (AvgIpc) is 2.64. The van der Waals surface area contributed by atoms with E-state index in [9.17, 15) is 9.59 Å². The molecule has 0 fully saturated rings. The Morgan fingerprint density at radius 2 is 1.68 bits per heavy atom. The van der Waals surface area contributed by atoms with Gasteiger partial charge in [0.15, 0.2) is 6.61 Å². The van der Waals surface area contributed by atoms with E-state index >= 15 is 0 Å². The van der Waals surface area contributed by atoms with E-state index in [1.165, 1.54) is 0 Å². The van der Waals surface area contributed by atoms with Crippen molar-refractivity contribution in [2.75, 3.05) is 6.61 Å². The Bertz CT molecular complexity index is 916. The molecule has 0 unspecified atom stereocenters. The molecule has 25 heavy (non-hydrogen) atoms. The first-order valence-corrected chi connectivity index (χ1v) is 7.90. The van der Waals surface area contributed by atoms with Gasteiger partial charge in [-0.1, -0.05) is 54.1 Å². The van der Waals surface area contributed by atoms with Crippen LogP contribution in [0.3, 0.4) is 0 Å². The number of amides is 2. The van der Waals surface area contributed by atoms with E-state index in [4.69, 9.17) is 4.74 Å². The molecule has 5 heteroatoms. The number of rotatable bonds is 4. The fraction of sp³-hybridized carbons (Fsp3) is 0.100. The lowest BCUT2D eigenvalue weighted by molar-refractivity contribution is -0.123. The van der Waals surface area contributed by atoms with E-state index in [2.05, 4.69) is 10.9 Å². The fourth-order valence-electron chi connectivity index (χ4n) is 2.49. The van der Waals surface area contributed by atoms with Crippen molar-refractivity contribution in [2.24, 2.45) is 0 Å². The van der Waals surface area contributed by atoms with Crippen molar-refractivity contribution in [3.8, 4) is 5.75 Å². The predicted molar refractivity (Wildman–Crippen MR) is 96.2 cm³/mol. The second kappa shape index (κ2) is 7.49. The minimum Gasteiger partial charge on any atom is -0.483 e. The Morgan fingerprint density at radius 3 is 2.52 bits per heavy atom. The number of benzene rings is 3. The molecule has 0 heterocycles. The lowest BCUT2D eigenvalue weighted by atomic mass is 10.1. The first-order chi connectivity index (χ1) is 12.1. The van der Waals surface area contributed by atoms with E-state index in [1.54, 1.807) is 24.3 Å². The predicted octanol–water partition coefficient (Wildman–Crippen LogP) is 2.99. The summed E-state index contributed by atoms with van der Waals surface area (Å²) in [6.45, 7) is 1.70. The minimum atomic E-state index is -0.436. The summed E-state index contributed by atoms with van der Waals surface area (Å²) in [4.78, 5) is 23.9. The number of aryl methyl sites for hydroxylation is 1. The highest BCUT2D eigenvalue weighted by Gasteiger charge is 2.09. The van der Waals surface area contributed by atoms with E-state index in [0.717, 1.165) is 16.3 Å². The van der Waals surface area contributed by atoms with Gasteiger partial charge in [0, 0.05) is 10.9 Å². The van der Waals surface area contributed by atoms with E-state index in [0.29, 0.717) is 11.3 Å². The van der Waals surface area contributed by atoms with Gasteiger partial charge in [-0.05, 0) is 30.5 Å². The molecule has 0 aliphatic rings. The summed E-state index contributed by atoms with van der Waals surface area (Å²) in [7, 11) is 0. The van der Waals surface area contributed by atoms with Crippen molar-refractivity contribution < 1.29 is 14.3 Å². The molecule has 3 aromatic carbocycles. The van der Waals surface area contributed by atoms with Gasteiger partial charge in [-0.15, -0.1) is 0 Å². The zero-order valence-electron chi connectivity index (χ0n) is 13.8. The Morgan fingerprint density at radius 1 is 0.920 bits per heavy atom. The number of carbonyl (C=O) groups is 2. The van der Waals surface area contributed by atoms with Crippen LogP contribution in [-0.4, -0.2) is 18.4 Å². The second-order valence-corrected chi connectivity index (χ2v) is 5.64. The minimum absolute atomic E-state index is 0.192. The third-order valence-corrected chi connectivity index (χ3v) is 3.70. The largest absolute Gasteiger partial charge is 0.483 e. The SMILES string of the molecule is Cc1cccc(C(=O)NNC(=O)COc2cccc3ccccc23)c1. The van der Waals surface area contributed by atoms with Crippen LogP contribution in [0.2, 0.25) is 0 Å². The molecule has 126 valence electrons. The third-order valence-electron chi connectivity index (χ3n) is 3.70. The van der Waals surface area contributed by atoms with Crippen LogP contribution in [0.4, 0.5) is 0 Å². The zero-order chi connectivity index (χ0) is 17.6. The Hall–Kier alpha value is -3.34. The Labute approximate surface area is 145 Å². The van der Waals surface area contributed by atoms with Crippen LogP contribution in [0.1, 0.15) is 15.9 Å². The molecule has 0 aromatic heterocycles.